The highest BCUT2D eigenvalue weighted by Gasteiger charge is 2.11. The number of nitrogens with zero attached hydrogens (tertiary/aromatic N) is 2. The molecule has 5 heteroatoms. The summed E-state index contributed by atoms with van der Waals surface area (Å²) in [6, 6.07) is 9.97. The van der Waals surface area contributed by atoms with Crippen molar-refractivity contribution in [2.45, 2.75) is 13.1 Å². The summed E-state index contributed by atoms with van der Waals surface area (Å²) in [5.74, 6) is 0.961. The molecule has 20 heavy (non-hydrogen) atoms. The van der Waals surface area contributed by atoms with Crippen molar-refractivity contribution in [2.75, 3.05) is 19.0 Å². The van der Waals surface area contributed by atoms with Gasteiger partial charge in [-0.3, -0.25) is 0 Å². The highest BCUT2D eigenvalue weighted by atomic mass is 79.9. The summed E-state index contributed by atoms with van der Waals surface area (Å²) >= 11 is 9.68. The van der Waals surface area contributed by atoms with E-state index < -0.39 is 0 Å². The molecule has 0 saturated heterocycles. The SMILES string of the molecule is CNCc1cc(Br)cnc1N(C)Cc1ccccc1Cl. The monoisotopic (exact) mass is 353 g/mol. The molecule has 0 atom stereocenters. The lowest BCUT2D eigenvalue weighted by Gasteiger charge is -2.22. The molecule has 1 aromatic carbocycles. The van der Waals surface area contributed by atoms with Crippen LogP contribution in [0.3, 0.4) is 0 Å². The van der Waals surface area contributed by atoms with Crippen molar-refractivity contribution in [3.63, 3.8) is 0 Å². The van der Waals surface area contributed by atoms with E-state index in [1.165, 1.54) is 0 Å². The molecule has 1 aromatic heterocycles. The van der Waals surface area contributed by atoms with Crippen molar-refractivity contribution in [1.29, 1.82) is 0 Å². The van der Waals surface area contributed by atoms with Crippen LogP contribution in [-0.4, -0.2) is 19.1 Å². The Balaban J connectivity index is 2.25. The quantitative estimate of drug-likeness (QED) is 0.884. The van der Waals surface area contributed by atoms with Crippen LogP contribution in [0.2, 0.25) is 5.02 Å². The number of benzene rings is 1. The number of pyridine rings is 1. The third-order valence-electron chi connectivity index (χ3n) is 3.00. The predicted molar refractivity (Wildman–Crippen MR) is 88.3 cm³/mol. The fraction of sp³-hybridized carbons (Fsp3) is 0.267. The molecule has 106 valence electrons. The Kier molecular flexibility index (Phi) is 5.40. The number of hydrogen-bond acceptors (Lipinski definition) is 3. The molecule has 0 fully saturated rings. The summed E-state index contributed by atoms with van der Waals surface area (Å²) in [5.41, 5.74) is 2.24. The summed E-state index contributed by atoms with van der Waals surface area (Å²) in [4.78, 5) is 6.63. The fourth-order valence-corrected chi connectivity index (χ4v) is 2.67. The molecule has 3 nitrogen and oxygen atoms in total. The van der Waals surface area contributed by atoms with Crippen molar-refractivity contribution < 1.29 is 0 Å². The number of nitrogens with one attached hydrogen (secondary N) is 1. The van der Waals surface area contributed by atoms with Gasteiger partial charge in [0.05, 0.1) is 0 Å². The number of aromatic nitrogens is 1. The maximum absolute atomic E-state index is 6.22. The lowest BCUT2D eigenvalue weighted by molar-refractivity contribution is 0.794. The van der Waals surface area contributed by atoms with Gasteiger partial charge < -0.3 is 10.2 Å². The second kappa shape index (κ2) is 7.07. The number of halogens is 2. The molecule has 1 heterocycles. The van der Waals surface area contributed by atoms with E-state index >= 15 is 0 Å². The Morgan fingerprint density at radius 3 is 2.75 bits per heavy atom. The molecule has 0 amide bonds. The van der Waals surface area contributed by atoms with Crippen LogP contribution in [0.25, 0.3) is 0 Å². The molecule has 0 saturated carbocycles. The van der Waals surface area contributed by atoms with E-state index in [9.17, 15) is 0 Å². The Bertz CT molecular complexity index is 589. The summed E-state index contributed by atoms with van der Waals surface area (Å²) in [5, 5.41) is 3.95. The minimum absolute atomic E-state index is 0.727. The maximum Gasteiger partial charge on any atom is 0.133 e. The van der Waals surface area contributed by atoms with E-state index in [4.69, 9.17) is 11.6 Å². The molecule has 0 aliphatic rings. The average Bonchev–Trinajstić information content (AvgIpc) is 2.42. The van der Waals surface area contributed by atoms with Crippen molar-refractivity contribution in [1.82, 2.24) is 10.3 Å². The first-order valence-electron chi connectivity index (χ1n) is 6.35. The normalized spacial score (nSPS) is 10.6. The van der Waals surface area contributed by atoms with Gasteiger partial charge in [-0.2, -0.15) is 0 Å². The molecule has 0 bridgehead atoms. The largest absolute Gasteiger partial charge is 0.355 e. The minimum atomic E-state index is 0.727. The van der Waals surface area contributed by atoms with Crippen molar-refractivity contribution in [3.05, 3.63) is 57.2 Å². The molecule has 1 N–H and O–H groups in total. The van der Waals surface area contributed by atoms with Gasteiger partial charge in [0.15, 0.2) is 0 Å². The summed E-state index contributed by atoms with van der Waals surface area (Å²) < 4.78 is 0.984. The van der Waals surface area contributed by atoms with Gasteiger partial charge in [0.2, 0.25) is 0 Å². The highest BCUT2D eigenvalue weighted by Crippen LogP contribution is 2.24. The Morgan fingerprint density at radius 2 is 2.05 bits per heavy atom. The number of rotatable bonds is 5. The number of anilines is 1. The third-order valence-corrected chi connectivity index (χ3v) is 3.81. The van der Waals surface area contributed by atoms with Crippen LogP contribution in [0.1, 0.15) is 11.1 Å². The van der Waals surface area contributed by atoms with Gasteiger partial charge in [-0.25, -0.2) is 4.98 Å². The van der Waals surface area contributed by atoms with Gasteiger partial charge in [0, 0.05) is 41.4 Å². The molecule has 2 rings (SSSR count). The summed E-state index contributed by atoms with van der Waals surface area (Å²) in [7, 11) is 3.96. The highest BCUT2D eigenvalue weighted by molar-refractivity contribution is 9.10. The zero-order valence-corrected chi connectivity index (χ0v) is 13.9. The van der Waals surface area contributed by atoms with E-state index in [2.05, 4.69) is 37.2 Å². The lowest BCUT2D eigenvalue weighted by Crippen LogP contribution is -2.21. The predicted octanol–water partition coefficient (Wildman–Crippen LogP) is 3.85. The lowest BCUT2D eigenvalue weighted by atomic mass is 10.2. The minimum Gasteiger partial charge on any atom is -0.355 e. The van der Waals surface area contributed by atoms with Gasteiger partial charge >= 0.3 is 0 Å². The second-order valence-corrected chi connectivity index (χ2v) is 5.94. The van der Waals surface area contributed by atoms with Crippen molar-refractivity contribution in [2.24, 2.45) is 0 Å². The maximum atomic E-state index is 6.22. The Morgan fingerprint density at radius 1 is 1.30 bits per heavy atom. The van der Waals surface area contributed by atoms with Gasteiger partial charge in [-0.1, -0.05) is 29.8 Å². The van der Waals surface area contributed by atoms with E-state index in [1.807, 2.05) is 44.6 Å². The van der Waals surface area contributed by atoms with Crippen molar-refractivity contribution in [3.8, 4) is 0 Å². The van der Waals surface area contributed by atoms with Crippen LogP contribution in [0.4, 0.5) is 5.82 Å². The van der Waals surface area contributed by atoms with E-state index in [0.29, 0.717) is 0 Å². The molecule has 2 aromatic rings. The molecular weight excluding hydrogens is 338 g/mol. The molecule has 0 aliphatic heterocycles. The van der Waals surface area contributed by atoms with E-state index in [1.54, 1.807) is 0 Å². The van der Waals surface area contributed by atoms with Gasteiger partial charge in [0.25, 0.3) is 0 Å². The number of hydrogen-bond donors (Lipinski definition) is 1. The topological polar surface area (TPSA) is 28.2 Å². The summed E-state index contributed by atoms with van der Waals surface area (Å²) in [6.45, 7) is 1.50. The first-order valence-corrected chi connectivity index (χ1v) is 7.52. The molecule has 0 radical (unpaired) electrons. The van der Waals surface area contributed by atoms with Gasteiger partial charge in [-0.15, -0.1) is 0 Å². The molecule has 0 aliphatic carbocycles. The fourth-order valence-electron chi connectivity index (χ4n) is 2.10. The third kappa shape index (κ3) is 3.72. The smallest absolute Gasteiger partial charge is 0.133 e. The molecular formula is C15H17BrClN3. The summed E-state index contributed by atoms with van der Waals surface area (Å²) in [6.07, 6.45) is 1.82. The molecule has 0 unspecified atom stereocenters. The first kappa shape index (κ1) is 15.3. The second-order valence-electron chi connectivity index (χ2n) is 4.61. The Labute approximate surface area is 133 Å². The Hall–Kier alpha value is -1.10. The van der Waals surface area contributed by atoms with Crippen LogP contribution in [-0.2, 0) is 13.1 Å². The van der Waals surface area contributed by atoms with Crippen LogP contribution in [0.15, 0.2) is 41.0 Å². The zero-order chi connectivity index (χ0) is 14.5. The molecule has 0 spiro atoms. The van der Waals surface area contributed by atoms with Crippen LogP contribution in [0, 0.1) is 0 Å². The van der Waals surface area contributed by atoms with Gasteiger partial charge in [-0.05, 0) is 40.7 Å². The van der Waals surface area contributed by atoms with Crippen molar-refractivity contribution >= 4 is 33.3 Å². The average molecular weight is 355 g/mol. The zero-order valence-electron chi connectivity index (χ0n) is 11.5. The van der Waals surface area contributed by atoms with Crippen LogP contribution >= 0.6 is 27.5 Å². The first-order chi connectivity index (χ1) is 9.61. The van der Waals surface area contributed by atoms with Crippen LogP contribution in [0.5, 0.6) is 0 Å². The van der Waals surface area contributed by atoms with Gasteiger partial charge in [0.1, 0.15) is 5.82 Å². The van der Waals surface area contributed by atoms with E-state index in [0.717, 1.165) is 39.5 Å². The van der Waals surface area contributed by atoms with E-state index in [-0.39, 0.29) is 0 Å². The van der Waals surface area contributed by atoms with Crippen LogP contribution < -0.4 is 10.2 Å². The standard InChI is InChI=1S/C15H17BrClN3/c1-18-8-12-7-13(16)9-19-15(12)20(2)10-11-5-3-4-6-14(11)17/h3-7,9,18H,8,10H2,1-2H3.